The summed E-state index contributed by atoms with van der Waals surface area (Å²) in [6.45, 7) is 13.2. The number of rotatable bonds is 3. The van der Waals surface area contributed by atoms with Crippen LogP contribution in [0.5, 0.6) is 11.5 Å². The summed E-state index contributed by atoms with van der Waals surface area (Å²) >= 11 is 0. The van der Waals surface area contributed by atoms with Gasteiger partial charge in [0.05, 0.1) is 6.61 Å². The Labute approximate surface area is 128 Å². The fourth-order valence-electron chi connectivity index (χ4n) is 2.25. The summed E-state index contributed by atoms with van der Waals surface area (Å²) in [5.41, 5.74) is 1.74. The van der Waals surface area contributed by atoms with E-state index in [0.717, 1.165) is 24.2 Å². The number of benzene rings is 1. The minimum Gasteiger partial charge on any atom is -0.543 e. The van der Waals surface area contributed by atoms with Gasteiger partial charge in [-0.3, -0.25) is 4.79 Å². The number of carbonyl (C=O) groups excluding carboxylic acids is 1. The summed E-state index contributed by atoms with van der Waals surface area (Å²) in [5, 5.41) is 0.0951. The van der Waals surface area contributed by atoms with E-state index in [2.05, 4.69) is 33.9 Å². The van der Waals surface area contributed by atoms with E-state index in [-0.39, 0.29) is 10.8 Å². The predicted octanol–water partition coefficient (Wildman–Crippen LogP) is 4.60. The Morgan fingerprint density at radius 3 is 2.52 bits per heavy atom. The highest BCUT2D eigenvalue weighted by molar-refractivity contribution is 6.74. The van der Waals surface area contributed by atoms with Crippen molar-refractivity contribution < 1.29 is 14.0 Å². The van der Waals surface area contributed by atoms with Crippen LogP contribution in [0.15, 0.2) is 12.1 Å². The third-order valence-corrected chi connectivity index (χ3v) is 8.90. The molecule has 0 aromatic heterocycles. The molecule has 0 saturated carbocycles. The minimum atomic E-state index is -1.98. The zero-order valence-electron chi connectivity index (χ0n) is 14.0. The number of hydrogen-bond acceptors (Lipinski definition) is 3. The van der Waals surface area contributed by atoms with Crippen molar-refractivity contribution in [3.05, 3.63) is 23.3 Å². The highest BCUT2D eigenvalue weighted by atomic mass is 28.4. The maximum Gasteiger partial charge on any atom is 0.250 e. The van der Waals surface area contributed by atoms with Gasteiger partial charge in [0.1, 0.15) is 17.1 Å². The lowest BCUT2D eigenvalue weighted by molar-refractivity contribution is 0.101. The van der Waals surface area contributed by atoms with Crippen LogP contribution in [0.4, 0.5) is 0 Å². The second-order valence-corrected chi connectivity index (χ2v) is 12.0. The highest BCUT2D eigenvalue weighted by Gasteiger charge is 2.40. The summed E-state index contributed by atoms with van der Waals surface area (Å²) in [4.78, 5) is 12.1. The van der Waals surface area contributed by atoms with Crippen molar-refractivity contribution in [1.82, 2.24) is 0 Å². The van der Waals surface area contributed by atoms with E-state index in [1.807, 2.05) is 12.1 Å². The van der Waals surface area contributed by atoms with Crippen molar-refractivity contribution in [3.63, 3.8) is 0 Å². The molecule has 0 N–H and O–H groups in total. The summed E-state index contributed by atoms with van der Waals surface area (Å²) in [6.07, 6.45) is 1.97. The van der Waals surface area contributed by atoms with Crippen LogP contribution >= 0.6 is 0 Å². The molecule has 0 unspecified atom stereocenters. The van der Waals surface area contributed by atoms with Crippen molar-refractivity contribution in [2.24, 2.45) is 0 Å². The molecule has 21 heavy (non-hydrogen) atoms. The molecule has 1 aromatic rings. The molecule has 2 rings (SSSR count). The third-order valence-electron chi connectivity index (χ3n) is 4.56. The third kappa shape index (κ3) is 3.15. The van der Waals surface area contributed by atoms with E-state index < -0.39 is 8.32 Å². The van der Waals surface area contributed by atoms with E-state index in [0.29, 0.717) is 17.9 Å². The number of ketones is 1. The van der Waals surface area contributed by atoms with Crippen LogP contribution in [-0.4, -0.2) is 20.7 Å². The lowest BCUT2D eigenvalue weighted by Crippen LogP contribution is -2.44. The molecule has 116 valence electrons. The number of carbonyl (C=O) groups is 1. The first-order valence-corrected chi connectivity index (χ1v) is 10.5. The Morgan fingerprint density at radius 2 is 1.95 bits per heavy atom. The largest absolute Gasteiger partial charge is 0.543 e. The van der Waals surface area contributed by atoms with E-state index >= 15 is 0 Å². The Kier molecular flexibility index (Phi) is 4.20. The lowest BCUT2D eigenvalue weighted by atomic mass is 9.99. The van der Waals surface area contributed by atoms with Gasteiger partial charge < -0.3 is 9.16 Å². The normalized spacial score (nSPS) is 15.1. The molecule has 0 amide bonds. The van der Waals surface area contributed by atoms with Crippen molar-refractivity contribution in [1.29, 1.82) is 0 Å². The van der Waals surface area contributed by atoms with E-state index in [1.54, 1.807) is 6.92 Å². The van der Waals surface area contributed by atoms with E-state index in [1.165, 1.54) is 0 Å². The van der Waals surface area contributed by atoms with Gasteiger partial charge in [-0.1, -0.05) is 26.8 Å². The fraction of sp³-hybridized carbons (Fsp3) is 0.588. The van der Waals surface area contributed by atoms with E-state index in [9.17, 15) is 4.79 Å². The quantitative estimate of drug-likeness (QED) is 0.605. The van der Waals surface area contributed by atoms with Crippen LogP contribution in [0.2, 0.25) is 18.1 Å². The first kappa shape index (κ1) is 16.1. The first-order valence-electron chi connectivity index (χ1n) is 7.62. The molecule has 0 bridgehead atoms. The molecule has 0 aliphatic carbocycles. The van der Waals surface area contributed by atoms with Gasteiger partial charge in [0.2, 0.25) is 0 Å². The molecule has 3 nitrogen and oxygen atoms in total. The predicted molar refractivity (Wildman–Crippen MR) is 88.1 cm³/mol. The number of ether oxygens (including phenoxy) is 1. The maximum absolute atomic E-state index is 12.1. The van der Waals surface area contributed by atoms with Crippen LogP contribution in [0.1, 0.15) is 50.0 Å². The lowest BCUT2D eigenvalue weighted by Gasteiger charge is -2.37. The van der Waals surface area contributed by atoms with Gasteiger partial charge in [-0.25, -0.2) is 0 Å². The van der Waals surface area contributed by atoms with Gasteiger partial charge in [0.15, 0.2) is 5.78 Å². The Hall–Kier alpha value is -1.29. The molecule has 1 aliphatic heterocycles. The van der Waals surface area contributed by atoms with Gasteiger partial charge in [-0.2, -0.15) is 0 Å². The maximum atomic E-state index is 12.1. The second-order valence-electron chi connectivity index (χ2n) is 7.30. The zero-order valence-corrected chi connectivity index (χ0v) is 15.0. The molecule has 0 fully saturated rings. The van der Waals surface area contributed by atoms with Crippen molar-refractivity contribution >= 4 is 14.1 Å². The van der Waals surface area contributed by atoms with Crippen molar-refractivity contribution in [3.8, 4) is 11.5 Å². The second kappa shape index (κ2) is 5.48. The average molecular weight is 306 g/mol. The molecule has 1 heterocycles. The molecule has 0 spiro atoms. The monoisotopic (exact) mass is 306 g/mol. The Morgan fingerprint density at radius 1 is 1.29 bits per heavy atom. The van der Waals surface area contributed by atoms with E-state index in [4.69, 9.17) is 9.16 Å². The number of fused-ring (bicyclic) bond motifs is 1. The number of Topliss-reactive ketones (excluding diaryl/α,β-unsaturated/α-hetero) is 1. The Balaban J connectivity index is 2.47. The zero-order chi connectivity index (χ0) is 15.8. The van der Waals surface area contributed by atoms with Gasteiger partial charge >= 0.3 is 0 Å². The number of hydrogen-bond donors (Lipinski definition) is 0. The van der Waals surface area contributed by atoms with Gasteiger partial charge in [0, 0.05) is 0 Å². The smallest absolute Gasteiger partial charge is 0.250 e. The fourth-order valence-corrected chi connectivity index (χ4v) is 3.28. The average Bonchev–Trinajstić information content (AvgIpc) is 2.36. The van der Waals surface area contributed by atoms with Crippen molar-refractivity contribution in [2.45, 2.75) is 58.7 Å². The summed E-state index contributed by atoms with van der Waals surface area (Å²) in [7, 11) is -1.98. The molecular weight excluding hydrogens is 280 g/mol. The summed E-state index contributed by atoms with van der Waals surface area (Å²) in [5.74, 6) is 1.45. The molecule has 1 aromatic carbocycles. The summed E-state index contributed by atoms with van der Waals surface area (Å²) in [6, 6.07) is 3.99. The van der Waals surface area contributed by atoms with Gasteiger partial charge in [-0.15, -0.1) is 0 Å². The Bertz CT molecular complexity index is 556. The summed E-state index contributed by atoms with van der Waals surface area (Å²) < 4.78 is 12.1. The molecule has 0 radical (unpaired) electrons. The number of aryl methyl sites for hydroxylation is 1. The van der Waals surface area contributed by atoms with Crippen LogP contribution in [-0.2, 0) is 6.42 Å². The molecule has 0 saturated heterocycles. The first-order chi connectivity index (χ1) is 9.63. The topological polar surface area (TPSA) is 35.5 Å². The van der Waals surface area contributed by atoms with Gasteiger partial charge in [0.25, 0.3) is 8.32 Å². The SMILES string of the molecule is CC(=O)c1c(O[Si](C)(C)C(C)(C)C)ccc2c1OCCC2. The van der Waals surface area contributed by atoms with Crippen molar-refractivity contribution in [2.75, 3.05) is 6.61 Å². The highest BCUT2D eigenvalue weighted by Crippen LogP contribution is 2.41. The van der Waals surface area contributed by atoms with Crippen LogP contribution in [0, 0.1) is 0 Å². The minimum absolute atomic E-state index is 0.0162. The molecule has 4 heteroatoms. The molecular formula is C17H26O3Si. The standard InChI is InChI=1S/C17H26O3Si/c1-12(18)15-14(20-21(5,6)17(2,3)4)10-9-13-8-7-11-19-16(13)15/h9-10H,7-8,11H2,1-6H3. The van der Waals surface area contributed by atoms with Crippen LogP contribution < -0.4 is 9.16 Å². The van der Waals surface area contributed by atoms with Crippen LogP contribution in [0.25, 0.3) is 0 Å². The van der Waals surface area contributed by atoms with Gasteiger partial charge in [-0.05, 0) is 49.5 Å². The van der Waals surface area contributed by atoms with Crippen LogP contribution in [0.3, 0.4) is 0 Å². The molecule has 0 atom stereocenters. The molecule has 1 aliphatic rings.